The fraction of sp³-hybridized carbons (Fsp3) is 0.583. The van der Waals surface area contributed by atoms with E-state index in [2.05, 4.69) is 15.7 Å². The van der Waals surface area contributed by atoms with Gasteiger partial charge in [-0.05, 0) is 5.92 Å². The highest BCUT2D eigenvalue weighted by atomic mass is 16.2. The van der Waals surface area contributed by atoms with Gasteiger partial charge in [-0.25, -0.2) is 9.48 Å². The molecule has 2 N–H and O–H groups in total. The number of carbonyl (C=O) groups is 2. The topological polar surface area (TPSA) is 79.3 Å². The van der Waals surface area contributed by atoms with Crippen molar-refractivity contribution in [1.82, 2.24) is 15.1 Å². The Kier molecular flexibility index (Phi) is 3.73. The molecule has 0 radical (unpaired) electrons. The third-order valence-electron chi connectivity index (χ3n) is 2.92. The quantitative estimate of drug-likeness (QED) is 0.856. The second kappa shape index (κ2) is 5.29. The first-order valence-electron chi connectivity index (χ1n) is 6.38. The number of anilines is 2. The van der Waals surface area contributed by atoms with Crippen LogP contribution in [-0.4, -0.2) is 35.3 Å². The summed E-state index contributed by atoms with van der Waals surface area (Å²) in [6.07, 6.45) is 0.517. The summed E-state index contributed by atoms with van der Waals surface area (Å²) in [4.78, 5) is 25.0. The molecule has 0 bridgehead atoms. The van der Waals surface area contributed by atoms with Crippen molar-refractivity contribution >= 4 is 23.6 Å². The fourth-order valence-corrected chi connectivity index (χ4v) is 2.05. The highest BCUT2D eigenvalue weighted by molar-refractivity contribution is 5.94. The Labute approximate surface area is 111 Å². The Morgan fingerprint density at radius 1 is 1.42 bits per heavy atom. The molecule has 1 aliphatic heterocycles. The molecule has 0 saturated carbocycles. The zero-order valence-electron chi connectivity index (χ0n) is 11.4. The van der Waals surface area contributed by atoms with E-state index in [1.54, 1.807) is 15.6 Å². The van der Waals surface area contributed by atoms with Gasteiger partial charge in [-0.15, -0.1) is 0 Å². The van der Waals surface area contributed by atoms with Crippen molar-refractivity contribution in [2.24, 2.45) is 5.92 Å². The normalized spacial score (nSPS) is 13.6. The zero-order valence-corrected chi connectivity index (χ0v) is 11.4. The van der Waals surface area contributed by atoms with Gasteiger partial charge in [0.05, 0.1) is 6.54 Å². The average Bonchev–Trinajstić information content (AvgIpc) is 2.86. The Morgan fingerprint density at radius 3 is 2.79 bits per heavy atom. The molecule has 0 spiro atoms. The molecule has 19 heavy (non-hydrogen) atoms. The number of nitrogens with zero attached hydrogens (tertiary/aromatic N) is 3. The molecular weight excluding hydrogens is 246 g/mol. The molecule has 0 aromatic carbocycles. The molecule has 7 nitrogen and oxygen atoms in total. The Morgan fingerprint density at radius 2 is 2.16 bits per heavy atom. The first-order valence-corrected chi connectivity index (χ1v) is 6.38. The average molecular weight is 265 g/mol. The molecule has 0 fully saturated rings. The van der Waals surface area contributed by atoms with Crippen LogP contribution >= 0.6 is 0 Å². The molecule has 0 aliphatic carbocycles. The molecule has 1 aromatic rings. The first kappa shape index (κ1) is 13.4. The van der Waals surface area contributed by atoms with Gasteiger partial charge < -0.3 is 5.32 Å². The summed E-state index contributed by atoms with van der Waals surface area (Å²) >= 11 is 0. The van der Waals surface area contributed by atoms with Crippen molar-refractivity contribution in [1.29, 1.82) is 0 Å². The second-order valence-corrected chi connectivity index (χ2v) is 4.96. The maximum atomic E-state index is 12.1. The van der Waals surface area contributed by atoms with Crippen LogP contribution in [0.25, 0.3) is 0 Å². The van der Waals surface area contributed by atoms with Crippen molar-refractivity contribution in [3.63, 3.8) is 0 Å². The van der Waals surface area contributed by atoms with Crippen molar-refractivity contribution in [2.45, 2.75) is 26.8 Å². The van der Waals surface area contributed by atoms with Crippen LogP contribution in [0.4, 0.5) is 16.4 Å². The summed E-state index contributed by atoms with van der Waals surface area (Å²) in [6.45, 7) is 5.34. The lowest BCUT2D eigenvalue weighted by Crippen LogP contribution is -2.29. The lowest BCUT2D eigenvalue weighted by Gasteiger charge is -2.15. The molecule has 0 atom stereocenters. The van der Waals surface area contributed by atoms with E-state index < -0.39 is 0 Å². The minimum atomic E-state index is -0.322. The molecule has 1 aliphatic rings. The molecule has 104 valence electrons. The highest BCUT2D eigenvalue weighted by Crippen LogP contribution is 2.25. The van der Waals surface area contributed by atoms with Gasteiger partial charge in [0.25, 0.3) is 0 Å². The van der Waals surface area contributed by atoms with Crippen LogP contribution in [0.5, 0.6) is 0 Å². The summed E-state index contributed by atoms with van der Waals surface area (Å²) in [6, 6.07) is 1.40. The minimum absolute atomic E-state index is 0.0974. The van der Waals surface area contributed by atoms with Crippen molar-refractivity contribution in [3.05, 3.63) is 6.07 Å². The molecule has 3 amide bonds. The number of hydrogen-bond donors (Lipinski definition) is 2. The largest absolute Gasteiger partial charge is 0.341 e. The van der Waals surface area contributed by atoms with Crippen LogP contribution in [0.1, 0.15) is 20.3 Å². The number of carbonyl (C=O) groups excluding carboxylic acids is 2. The molecule has 7 heteroatoms. The standard InChI is InChI=1S/C12H19N5O2/c1-8(2)6-11(18)16-4-5-17-10(16)7-9(15-17)14-12(19)13-3/h7-8H,4-6H2,1-3H3,(H2,13,14,15,19). The van der Waals surface area contributed by atoms with E-state index in [1.807, 2.05) is 13.8 Å². The third-order valence-corrected chi connectivity index (χ3v) is 2.92. The van der Waals surface area contributed by atoms with Gasteiger partial charge in [0.15, 0.2) is 5.82 Å². The first-order chi connectivity index (χ1) is 9.01. The van der Waals surface area contributed by atoms with Crippen LogP contribution in [-0.2, 0) is 11.3 Å². The SMILES string of the molecule is CNC(=O)Nc1cc2n(n1)CCN2C(=O)CC(C)C. The summed E-state index contributed by atoms with van der Waals surface area (Å²) in [7, 11) is 1.54. The number of fused-ring (bicyclic) bond motifs is 1. The Balaban J connectivity index is 2.11. The number of nitrogens with one attached hydrogen (secondary N) is 2. The maximum absolute atomic E-state index is 12.1. The summed E-state index contributed by atoms with van der Waals surface area (Å²) in [5.41, 5.74) is 0. The number of urea groups is 1. The molecule has 2 rings (SSSR count). The van der Waals surface area contributed by atoms with Gasteiger partial charge in [0.2, 0.25) is 5.91 Å². The summed E-state index contributed by atoms with van der Waals surface area (Å²) in [5, 5.41) is 9.30. The lowest BCUT2D eigenvalue weighted by atomic mass is 10.1. The van der Waals surface area contributed by atoms with E-state index in [9.17, 15) is 9.59 Å². The van der Waals surface area contributed by atoms with E-state index in [1.165, 1.54) is 7.05 Å². The zero-order chi connectivity index (χ0) is 14.0. The molecular formula is C12H19N5O2. The number of amides is 3. The number of rotatable bonds is 3. The van der Waals surface area contributed by atoms with Crippen LogP contribution in [0.15, 0.2) is 6.07 Å². The van der Waals surface area contributed by atoms with E-state index in [0.29, 0.717) is 31.2 Å². The van der Waals surface area contributed by atoms with Gasteiger partial charge in [0.1, 0.15) is 5.82 Å². The van der Waals surface area contributed by atoms with E-state index >= 15 is 0 Å². The van der Waals surface area contributed by atoms with Gasteiger partial charge in [-0.3, -0.25) is 15.0 Å². The smallest absolute Gasteiger partial charge is 0.320 e. The highest BCUT2D eigenvalue weighted by Gasteiger charge is 2.27. The monoisotopic (exact) mass is 265 g/mol. The molecule has 0 saturated heterocycles. The van der Waals surface area contributed by atoms with E-state index in [4.69, 9.17) is 0 Å². The fourth-order valence-electron chi connectivity index (χ4n) is 2.05. The van der Waals surface area contributed by atoms with Crippen LogP contribution < -0.4 is 15.5 Å². The number of aromatic nitrogens is 2. The predicted molar refractivity (Wildman–Crippen MR) is 72.1 cm³/mol. The molecule has 2 heterocycles. The van der Waals surface area contributed by atoms with Crippen molar-refractivity contribution < 1.29 is 9.59 Å². The minimum Gasteiger partial charge on any atom is -0.341 e. The second-order valence-electron chi connectivity index (χ2n) is 4.96. The van der Waals surface area contributed by atoms with Gasteiger partial charge >= 0.3 is 6.03 Å². The maximum Gasteiger partial charge on any atom is 0.320 e. The van der Waals surface area contributed by atoms with Crippen LogP contribution in [0, 0.1) is 5.92 Å². The van der Waals surface area contributed by atoms with Gasteiger partial charge in [-0.2, -0.15) is 5.10 Å². The Bertz CT molecular complexity index is 494. The van der Waals surface area contributed by atoms with Crippen LogP contribution in [0.2, 0.25) is 0 Å². The number of hydrogen-bond acceptors (Lipinski definition) is 3. The molecule has 0 unspecified atom stereocenters. The molecule has 1 aromatic heterocycles. The Hall–Kier alpha value is -2.05. The van der Waals surface area contributed by atoms with Gasteiger partial charge in [0, 0.05) is 26.1 Å². The summed E-state index contributed by atoms with van der Waals surface area (Å²) in [5.74, 6) is 1.63. The van der Waals surface area contributed by atoms with E-state index in [-0.39, 0.29) is 11.9 Å². The predicted octanol–water partition coefficient (Wildman–Crippen LogP) is 1.03. The van der Waals surface area contributed by atoms with Crippen molar-refractivity contribution in [3.8, 4) is 0 Å². The van der Waals surface area contributed by atoms with Crippen LogP contribution in [0.3, 0.4) is 0 Å². The third kappa shape index (κ3) is 2.86. The summed E-state index contributed by atoms with van der Waals surface area (Å²) < 4.78 is 1.74. The lowest BCUT2D eigenvalue weighted by molar-refractivity contribution is -0.119. The van der Waals surface area contributed by atoms with Gasteiger partial charge in [-0.1, -0.05) is 13.8 Å². The van der Waals surface area contributed by atoms with E-state index in [0.717, 1.165) is 5.82 Å². The van der Waals surface area contributed by atoms with Crippen molar-refractivity contribution in [2.75, 3.05) is 23.8 Å².